The second-order valence-corrected chi connectivity index (χ2v) is 2.29. The Labute approximate surface area is 69.7 Å². The third-order valence-electron chi connectivity index (χ3n) is 1.51. The first-order chi connectivity index (χ1) is 5.77. The minimum Gasteiger partial charge on any atom is -0.464 e. The van der Waals surface area contributed by atoms with Crippen LogP contribution >= 0.6 is 0 Å². The number of nitrogens with one attached hydrogen (secondary N) is 1. The molecule has 1 heterocycles. The highest BCUT2D eigenvalue weighted by molar-refractivity contribution is 6.41. The van der Waals surface area contributed by atoms with E-state index in [1.54, 1.807) is 0 Å². The number of methoxy groups -OCH3 is 1. The molecule has 0 saturated heterocycles. The van der Waals surface area contributed by atoms with Crippen molar-refractivity contribution in [1.82, 2.24) is 5.48 Å². The fraction of sp³-hybridized carbons (Fsp3) is 0.429. The summed E-state index contributed by atoms with van der Waals surface area (Å²) in [5, 5.41) is 8.54. The lowest BCUT2D eigenvalue weighted by atomic mass is 10.2. The quantitative estimate of drug-likeness (QED) is 0.447. The average Bonchev–Trinajstić information content (AvgIpc) is 2.17. The monoisotopic (exact) mass is 170 g/mol. The van der Waals surface area contributed by atoms with E-state index in [9.17, 15) is 4.79 Å². The summed E-state index contributed by atoms with van der Waals surface area (Å²) in [4.78, 5) is 14.8. The zero-order chi connectivity index (χ0) is 8.97. The topological polar surface area (TPSA) is 70.9 Å². The molecule has 5 heteroatoms. The molecule has 0 aromatic heterocycles. The fourth-order valence-corrected chi connectivity index (χ4v) is 0.896. The van der Waals surface area contributed by atoms with E-state index in [2.05, 4.69) is 9.73 Å². The van der Waals surface area contributed by atoms with Gasteiger partial charge in [0.2, 0.25) is 0 Å². The maximum absolute atomic E-state index is 10.9. The molecule has 66 valence electrons. The predicted octanol–water partition coefficient (Wildman–Crippen LogP) is -0.133. The van der Waals surface area contributed by atoms with Crippen molar-refractivity contribution in [3.63, 3.8) is 0 Å². The molecule has 0 amide bonds. The van der Waals surface area contributed by atoms with Gasteiger partial charge in [0, 0.05) is 18.7 Å². The van der Waals surface area contributed by atoms with Crippen molar-refractivity contribution in [2.45, 2.75) is 6.42 Å². The number of carbonyl (C=O) groups excluding carboxylic acids is 1. The zero-order valence-corrected chi connectivity index (χ0v) is 6.70. The Kier molecular flexibility index (Phi) is 2.82. The summed E-state index contributed by atoms with van der Waals surface area (Å²) >= 11 is 0. The van der Waals surface area contributed by atoms with Gasteiger partial charge in [-0.05, 0) is 6.08 Å². The van der Waals surface area contributed by atoms with E-state index in [0.717, 1.165) is 0 Å². The number of hydrogen-bond donors (Lipinski definition) is 2. The predicted molar refractivity (Wildman–Crippen MR) is 41.9 cm³/mol. The Morgan fingerprint density at radius 3 is 3.17 bits per heavy atom. The molecule has 0 bridgehead atoms. The molecule has 0 saturated carbocycles. The van der Waals surface area contributed by atoms with Crippen LogP contribution < -0.4 is 5.48 Å². The summed E-state index contributed by atoms with van der Waals surface area (Å²) in [5.74, 6) is -0.484. The Morgan fingerprint density at radius 2 is 2.58 bits per heavy atom. The molecule has 0 fully saturated rings. The van der Waals surface area contributed by atoms with Crippen molar-refractivity contribution in [1.29, 1.82) is 0 Å². The number of esters is 1. The van der Waals surface area contributed by atoms with Crippen LogP contribution in [-0.4, -0.2) is 30.5 Å². The second-order valence-electron chi connectivity index (χ2n) is 2.29. The van der Waals surface area contributed by atoms with Gasteiger partial charge >= 0.3 is 5.97 Å². The minimum atomic E-state index is -0.484. The van der Waals surface area contributed by atoms with E-state index in [1.165, 1.54) is 13.2 Å². The van der Waals surface area contributed by atoms with Crippen molar-refractivity contribution in [2.75, 3.05) is 13.7 Å². The van der Waals surface area contributed by atoms with Crippen molar-refractivity contribution in [3.8, 4) is 0 Å². The molecule has 0 spiro atoms. The van der Waals surface area contributed by atoms with Crippen LogP contribution in [0.2, 0.25) is 0 Å². The molecule has 0 radical (unpaired) electrons. The Hall–Kier alpha value is -1.36. The molecular weight excluding hydrogens is 160 g/mol. The van der Waals surface area contributed by atoms with Gasteiger partial charge in [0.15, 0.2) is 0 Å². The van der Waals surface area contributed by atoms with E-state index >= 15 is 0 Å². The normalized spacial score (nSPS) is 16.2. The first-order valence-electron chi connectivity index (χ1n) is 3.51. The molecule has 0 aliphatic carbocycles. The highest BCUT2D eigenvalue weighted by Gasteiger charge is 2.13. The van der Waals surface area contributed by atoms with Crippen molar-refractivity contribution in [3.05, 3.63) is 11.8 Å². The maximum atomic E-state index is 10.9. The van der Waals surface area contributed by atoms with Gasteiger partial charge in [-0.25, -0.2) is 4.79 Å². The molecule has 5 nitrogen and oxygen atoms in total. The Balaban J connectivity index is 2.72. The number of aliphatic imine (C=N–C) groups is 1. The van der Waals surface area contributed by atoms with Gasteiger partial charge in [0.25, 0.3) is 0 Å². The van der Waals surface area contributed by atoms with E-state index in [0.29, 0.717) is 18.7 Å². The number of hydrogen-bond acceptors (Lipinski definition) is 5. The maximum Gasteiger partial charge on any atom is 0.356 e. The van der Waals surface area contributed by atoms with Crippen LogP contribution in [0.15, 0.2) is 16.8 Å². The lowest BCUT2D eigenvalue weighted by Gasteiger charge is -2.09. The number of carbonyl (C=O) groups is 1. The van der Waals surface area contributed by atoms with E-state index in [-0.39, 0.29) is 5.71 Å². The third kappa shape index (κ3) is 1.82. The molecule has 0 aromatic rings. The molecule has 1 rings (SSSR count). The van der Waals surface area contributed by atoms with E-state index in [1.807, 2.05) is 5.48 Å². The lowest BCUT2D eigenvalue weighted by molar-refractivity contribution is -0.132. The summed E-state index contributed by atoms with van der Waals surface area (Å²) in [7, 11) is 1.29. The van der Waals surface area contributed by atoms with Gasteiger partial charge < -0.3 is 4.74 Å². The number of dihydropyridines is 1. The van der Waals surface area contributed by atoms with Crippen LogP contribution in [0.25, 0.3) is 0 Å². The molecule has 0 atom stereocenters. The first-order valence-corrected chi connectivity index (χ1v) is 3.51. The van der Waals surface area contributed by atoms with Crippen LogP contribution in [-0.2, 0) is 9.53 Å². The number of ether oxygens (including phenoxy) is 1. The molecule has 12 heavy (non-hydrogen) atoms. The molecule has 2 N–H and O–H groups in total. The lowest BCUT2D eigenvalue weighted by Crippen LogP contribution is -2.21. The number of nitrogens with zero attached hydrogens (tertiary/aromatic N) is 1. The fourth-order valence-electron chi connectivity index (χ4n) is 0.896. The summed E-state index contributed by atoms with van der Waals surface area (Å²) in [6, 6.07) is 0. The summed E-state index contributed by atoms with van der Waals surface area (Å²) < 4.78 is 4.46. The van der Waals surface area contributed by atoms with Crippen LogP contribution in [0.4, 0.5) is 0 Å². The Bertz CT molecular complexity index is 245. The van der Waals surface area contributed by atoms with Crippen molar-refractivity contribution < 1.29 is 14.7 Å². The van der Waals surface area contributed by atoms with Gasteiger partial charge in [0.05, 0.1) is 7.11 Å². The average molecular weight is 170 g/mol. The molecule has 1 aliphatic heterocycles. The smallest absolute Gasteiger partial charge is 0.356 e. The Morgan fingerprint density at radius 1 is 1.83 bits per heavy atom. The molecule has 0 unspecified atom stereocenters. The van der Waals surface area contributed by atoms with Gasteiger partial charge in [-0.15, -0.1) is 0 Å². The van der Waals surface area contributed by atoms with E-state index in [4.69, 9.17) is 5.21 Å². The van der Waals surface area contributed by atoms with Crippen LogP contribution in [0.3, 0.4) is 0 Å². The molecule has 1 aliphatic rings. The largest absolute Gasteiger partial charge is 0.464 e. The van der Waals surface area contributed by atoms with Crippen LogP contribution in [0, 0.1) is 0 Å². The van der Waals surface area contributed by atoms with Crippen molar-refractivity contribution >= 4 is 11.7 Å². The van der Waals surface area contributed by atoms with Gasteiger partial charge in [-0.1, -0.05) is 0 Å². The third-order valence-corrected chi connectivity index (χ3v) is 1.51. The van der Waals surface area contributed by atoms with Gasteiger partial charge in [-0.3, -0.25) is 15.7 Å². The highest BCUT2D eigenvalue weighted by atomic mass is 16.5. The van der Waals surface area contributed by atoms with Gasteiger partial charge in [-0.2, -0.15) is 0 Å². The number of rotatable bonds is 2. The number of hydroxylamine groups is 1. The van der Waals surface area contributed by atoms with Crippen LogP contribution in [0.1, 0.15) is 6.42 Å². The summed E-state index contributed by atoms with van der Waals surface area (Å²) in [6.45, 7) is 0.490. The van der Waals surface area contributed by atoms with Crippen LogP contribution in [0.5, 0.6) is 0 Å². The zero-order valence-electron chi connectivity index (χ0n) is 6.70. The van der Waals surface area contributed by atoms with E-state index < -0.39 is 5.97 Å². The molecular formula is C7H10N2O3. The molecule has 0 aromatic carbocycles. The second kappa shape index (κ2) is 3.87. The van der Waals surface area contributed by atoms with Gasteiger partial charge in [0.1, 0.15) is 5.71 Å². The summed E-state index contributed by atoms with van der Waals surface area (Å²) in [6.07, 6.45) is 2.08. The standard InChI is InChI=1S/C7H10N2O3/c1-12-7(10)6-4-5(9-11)2-3-8-6/h4,9,11H,2-3H2,1H3. The highest BCUT2D eigenvalue weighted by Crippen LogP contribution is 2.04. The first kappa shape index (κ1) is 8.73. The van der Waals surface area contributed by atoms with Crippen molar-refractivity contribution in [2.24, 2.45) is 4.99 Å². The SMILES string of the molecule is COC(=O)C1=NCCC(NO)=C1. The minimum absolute atomic E-state index is 0.236. The summed E-state index contributed by atoms with van der Waals surface area (Å²) in [5.41, 5.74) is 2.80.